The predicted molar refractivity (Wildman–Crippen MR) is 152 cm³/mol. The summed E-state index contributed by atoms with van der Waals surface area (Å²) < 4.78 is 43.3. The number of carbonyl (C=O) groups is 2. The van der Waals surface area contributed by atoms with E-state index in [4.69, 9.17) is 4.74 Å². The minimum Gasteiger partial charge on any atom is -0.495 e. The molecule has 1 amide bonds. The van der Waals surface area contributed by atoms with E-state index >= 15 is 0 Å². The Labute approximate surface area is 238 Å². The van der Waals surface area contributed by atoms with Crippen molar-refractivity contribution in [2.75, 3.05) is 25.2 Å². The summed E-state index contributed by atoms with van der Waals surface area (Å²) in [4.78, 5) is 38.1. The Bertz CT molecular complexity index is 1470. The largest absolute Gasteiger partial charge is 0.495 e. The molecule has 40 heavy (non-hydrogen) atoms. The lowest BCUT2D eigenvalue weighted by atomic mass is 9.99. The molecule has 11 heteroatoms. The standard InChI is InChI=1S/C29H34FN3O5S2/c1-4-15-40(36,37)19-24(34)27-20(2)39-26(32-27)18-33(14-6-8-21-7-5-9-22(30)16-21)28(35)29(12-13-29)25-11-10-23(38-3)17-31-25/h5,7,9-11,16-17H,4,6,8,12-15,18-19H2,1-3H3. The highest BCUT2D eigenvalue weighted by Gasteiger charge is 2.54. The fourth-order valence-corrected chi connectivity index (χ4v) is 7.07. The molecule has 0 aliphatic heterocycles. The molecule has 1 aliphatic rings. The number of hydrogen-bond acceptors (Lipinski definition) is 8. The van der Waals surface area contributed by atoms with Crippen LogP contribution in [0.5, 0.6) is 5.75 Å². The summed E-state index contributed by atoms with van der Waals surface area (Å²) in [6.07, 6.45) is 4.57. The number of aryl methyl sites for hydroxylation is 2. The van der Waals surface area contributed by atoms with Gasteiger partial charge in [-0.15, -0.1) is 11.3 Å². The zero-order chi connectivity index (χ0) is 28.9. The number of ketones is 1. The van der Waals surface area contributed by atoms with Crippen molar-refractivity contribution in [3.63, 3.8) is 0 Å². The van der Waals surface area contributed by atoms with Crippen molar-refractivity contribution in [1.82, 2.24) is 14.9 Å². The van der Waals surface area contributed by atoms with Crippen LogP contribution in [0.25, 0.3) is 0 Å². The Balaban J connectivity index is 1.55. The number of methoxy groups -OCH3 is 1. The second-order valence-electron chi connectivity index (χ2n) is 10.2. The van der Waals surface area contributed by atoms with Gasteiger partial charge in [-0.25, -0.2) is 17.8 Å². The summed E-state index contributed by atoms with van der Waals surface area (Å²) in [5.41, 5.74) is 0.937. The van der Waals surface area contributed by atoms with Gasteiger partial charge in [0, 0.05) is 11.4 Å². The maximum Gasteiger partial charge on any atom is 0.235 e. The Morgan fingerprint density at radius 2 is 1.98 bits per heavy atom. The van der Waals surface area contributed by atoms with E-state index in [1.165, 1.54) is 23.5 Å². The minimum atomic E-state index is -3.50. The molecule has 2 heterocycles. The van der Waals surface area contributed by atoms with E-state index in [0.717, 1.165) is 5.56 Å². The summed E-state index contributed by atoms with van der Waals surface area (Å²) in [5.74, 6) is -0.925. The number of carbonyl (C=O) groups excluding carboxylic acids is 2. The van der Waals surface area contributed by atoms with E-state index < -0.39 is 26.8 Å². The third kappa shape index (κ3) is 7.11. The van der Waals surface area contributed by atoms with Gasteiger partial charge in [0.25, 0.3) is 0 Å². The van der Waals surface area contributed by atoms with Crippen molar-refractivity contribution >= 4 is 32.9 Å². The third-order valence-electron chi connectivity index (χ3n) is 6.99. The molecule has 0 atom stereocenters. The molecule has 0 unspecified atom stereocenters. The number of rotatable bonds is 14. The van der Waals surface area contributed by atoms with Gasteiger partial charge in [-0.1, -0.05) is 19.1 Å². The molecular formula is C29H34FN3O5S2. The maximum atomic E-state index is 14.0. The topological polar surface area (TPSA) is 107 Å². The molecule has 1 aromatic carbocycles. The number of sulfone groups is 1. The average molecular weight is 588 g/mol. The van der Waals surface area contributed by atoms with Crippen LogP contribution in [0.4, 0.5) is 4.39 Å². The van der Waals surface area contributed by atoms with E-state index in [0.29, 0.717) is 60.0 Å². The van der Waals surface area contributed by atoms with E-state index in [2.05, 4.69) is 9.97 Å². The third-order valence-corrected chi connectivity index (χ3v) is 9.68. The number of aromatic nitrogens is 2. The molecular weight excluding hydrogens is 553 g/mol. The SMILES string of the molecule is CCCS(=O)(=O)CC(=O)c1nc(CN(CCCc2cccc(F)c2)C(=O)C2(c3ccc(OC)cn3)CC2)sc1C. The van der Waals surface area contributed by atoms with Gasteiger partial charge >= 0.3 is 0 Å². The number of nitrogens with zero attached hydrogens (tertiary/aromatic N) is 3. The number of Topliss-reactive ketones (excluding diaryl/α,β-unsaturated/α-hetero) is 1. The molecule has 0 N–H and O–H groups in total. The van der Waals surface area contributed by atoms with Gasteiger partial charge < -0.3 is 9.64 Å². The lowest BCUT2D eigenvalue weighted by molar-refractivity contribution is -0.134. The van der Waals surface area contributed by atoms with Gasteiger partial charge in [0.1, 0.15) is 28.0 Å². The molecule has 2 aromatic heterocycles. The van der Waals surface area contributed by atoms with Gasteiger partial charge in [-0.2, -0.15) is 0 Å². The summed E-state index contributed by atoms with van der Waals surface area (Å²) >= 11 is 1.29. The quantitative estimate of drug-likeness (QED) is 0.252. The van der Waals surface area contributed by atoms with Gasteiger partial charge in [-0.05, 0) is 68.9 Å². The van der Waals surface area contributed by atoms with Crippen LogP contribution in [-0.2, 0) is 33.0 Å². The summed E-state index contributed by atoms with van der Waals surface area (Å²) in [6.45, 7) is 4.07. The van der Waals surface area contributed by atoms with Crippen molar-refractivity contribution < 1.29 is 27.1 Å². The molecule has 0 saturated heterocycles. The highest BCUT2D eigenvalue weighted by atomic mass is 32.2. The monoisotopic (exact) mass is 587 g/mol. The first-order chi connectivity index (χ1) is 19.1. The number of pyridine rings is 1. The molecule has 0 radical (unpaired) electrons. The van der Waals surface area contributed by atoms with Crippen molar-refractivity contribution in [3.05, 3.63) is 75.2 Å². The highest BCUT2D eigenvalue weighted by molar-refractivity contribution is 7.92. The van der Waals surface area contributed by atoms with Gasteiger partial charge in [0.05, 0.1) is 36.7 Å². The number of thiazole rings is 1. The molecule has 8 nitrogen and oxygen atoms in total. The van der Waals surface area contributed by atoms with Crippen LogP contribution >= 0.6 is 11.3 Å². The van der Waals surface area contributed by atoms with Crippen molar-refractivity contribution in [3.8, 4) is 5.75 Å². The van der Waals surface area contributed by atoms with Gasteiger partial charge in [-0.3, -0.25) is 14.6 Å². The smallest absolute Gasteiger partial charge is 0.235 e. The van der Waals surface area contributed by atoms with Crippen LogP contribution in [0.3, 0.4) is 0 Å². The minimum absolute atomic E-state index is 0.0517. The van der Waals surface area contributed by atoms with Crippen LogP contribution in [0.15, 0.2) is 42.6 Å². The molecule has 1 aliphatic carbocycles. The number of hydrogen-bond donors (Lipinski definition) is 0. The summed E-state index contributed by atoms with van der Waals surface area (Å²) in [7, 11) is -1.94. The lowest BCUT2D eigenvalue weighted by Crippen LogP contribution is -2.40. The number of amides is 1. The van der Waals surface area contributed by atoms with Crippen LogP contribution < -0.4 is 4.74 Å². The first-order valence-electron chi connectivity index (χ1n) is 13.3. The molecule has 214 valence electrons. The number of halogens is 1. The van der Waals surface area contributed by atoms with Crippen LogP contribution in [0.1, 0.15) is 64.2 Å². The normalized spacial score (nSPS) is 14.1. The van der Waals surface area contributed by atoms with Crippen LogP contribution in [0, 0.1) is 12.7 Å². The fraction of sp³-hybridized carbons (Fsp3) is 0.448. The van der Waals surface area contributed by atoms with Gasteiger partial charge in [0.2, 0.25) is 5.91 Å². The van der Waals surface area contributed by atoms with Crippen molar-refractivity contribution in [1.29, 1.82) is 0 Å². The van der Waals surface area contributed by atoms with E-state index in [9.17, 15) is 22.4 Å². The molecule has 3 aromatic rings. The first kappa shape index (κ1) is 29.8. The Hall–Kier alpha value is -3.18. The predicted octanol–water partition coefficient (Wildman–Crippen LogP) is 4.69. The van der Waals surface area contributed by atoms with E-state index in [-0.39, 0.29) is 29.7 Å². The van der Waals surface area contributed by atoms with Crippen LogP contribution in [0.2, 0.25) is 0 Å². The summed E-state index contributed by atoms with van der Waals surface area (Å²) in [5, 5.41) is 0.561. The maximum absolute atomic E-state index is 14.0. The zero-order valence-electron chi connectivity index (χ0n) is 23.0. The number of benzene rings is 1. The Kier molecular flexibility index (Phi) is 9.35. The molecule has 0 bridgehead atoms. The van der Waals surface area contributed by atoms with Crippen molar-refractivity contribution in [2.45, 2.75) is 57.9 Å². The van der Waals surface area contributed by atoms with Gasteiger partial charge in [0.15, 0.2) is 15.6 Å². The summed E-state index contributed by atoms with van der Waals surface area (Å²) in [6, 6.07) is 10.0. The Morgan fingerprint density at radius 3 is 2.60 bits per heavy atom. The molecule has 0 spiro atoms. The number of ether oxygens (including phenoxy) is 1. The highest BCUT2D eigenvalue weighted by Crippen LogP contribution is 2.49. The molecule has 4 rings (SSSR count). The molecule has 1 saturated carbocycles. The lowest BCUT2D eigenvalue weighted by Gasteiger charge is -2.27. The average Bonchev–Trinajstić information content (AvgIpc) is 3.64. The first-order valence-corrected chi connectivity index (χ1v) is 15.9. The molecule has 1 fully saturated rings. The zero-order valence-corrected chi connectivity index (χ0v) is 24.6. The van der Waals surface area contributed by atoms with E-state index in [1.807, 2.05) is 12.1 Å². The second kappa shape index (κ2) is 12.6. The second-order valence-corrected chi connectivity index (χ2v) is 13.6. The Morgan fingerprint density at radius 1 is 1.20 bits per heavy atom. The van der Waals surface area contributed by atoms with Crippen LogP contribution in [-0.4, -0.2) is 60.1 Å². The van der Waals surface area contributed by atoms with E-state index in [1.54, 1.807) is 44.2 Å². The fourth-order valence-electron chi connectivity index (χ4n) is 4.80. The van der Waals surface area contributed by atoms with Crippen molar-refractivity contribution in [2.24, 2.45) is 0 Å².